The number of fused-ring (bicyclic) bond motifs is 10. The molecule has 0 aliphatic heterocycles. The van der Waals surface area contributed by atoms with Gasteiger partial charge in [-0.1, -0.05) is 35.4 Å². The number of rotatable bonds is 4. The molecule has 6 aliphatic carbocycles. The third kappa shape index (κ3) is 3.72. The van der Waals surface area contributed by atoms with Crippen molar-refractivity contribution in [1.29, 1.82) is 0 Å². The van der Waals surface area contributed by atoms with Gasteiger partial charge in [-0.25, -0.2) is 0 Å². The number of carbonyl (C=O) groups is 1. The quantitative estimate of drug-likeness (QED) is 0.373. The van der Waals surface area contributed by atoms with Crippen LogP contribution in [0.25, 0.3) is 0 Å². The second-order valence-corrected chi connectivity index (χ2v) is 13.5. The molecule has 2 fully saturated rings. The van der Waals surface area contributed by atoms with Crippen LogP contribution in [0.5, 0.6) is 11.5 Å². The molecule has 3 nitrogen and oxygen atoms in total. The molecule has 8 rings (SSSR count). The lowest BCUT2D eigenvalue weighted by molar-refractivity contribution is -0.129. The van der Waals surface area contributed by atoms with Crippen molar-refractivity contribution in [1.82, 2.24) is 0 Å². The SMILES string of the molecule is COc1ccc2c(c1)CC[C@H]1C3=CCC(C(=O)C4CC=C5[C@@H]4CC[C@@H]4c6ccc(OC)cc6CC[C@@H]54)[C@H]3CC[C@H]21. The van der Waals surface area contributed by atoms with Gasteiger partial charge in [0.1, 0.15) is 17.3 Å². The lowest BCUT2D eigenvalue weighted by atomic mass is 9.60. The highest BCUT2D eigenvalue weighted by Gasteiger charge is 2.50. The van der Waals surface area contributed by atoms with Crippen LogP contribution in [-0.2, 0) is 17.6 Å². The molecule has 6 aliphatic rings. The van der Waals surface area contributed by atoms with E-state index in [1.54, 1.807) is 36.5 Å². The van der Waals surface area contributed by atoms with Crippen LogP contribution in [0.15, 0.2) is 59.7 Å². The average Bonchev–Trinajstić information content (AvgIpc) is 3.64. The fraction of sp³-hybridized carbons (Fsp3) is 0.541. The minimum absolute atomic E-state index is 0.225. The Morgan fingerprint density at radius 3 is 1.50 bits per heavy atom. The Hall–Kier alpha value is -2.81. The highest BCUT2D eigenvalue weighted by atomic mass is 16.5. The van der Waals surface area contributed by atoms with Gasteiger partial charge in [-0.15, -0.1) is 0 Å². The van der Waals surface area contributed by atoms with E-state index in [9.17, 15) is 4.79 Å². The van der Waals surface area contributed by atoms with E-state index in [0.717, 1.165) is 37.2 Å². The summed E-state index contributed by atoms with van der Waals surface area (Å²) in [6.45, 7) is 0. The van der Waals surface area contributed by atoms with E-state index >= 15 is 0 Å². The molecule has 2 aromatic rings. The molecule has 0 N–H and O–H groups in total. The predicted octanol–water partition coefficient (Wildman–Crippen LogP) is 7.98. The molecule has 2 aromatic carbocycles. The van der Waals surface area contributed by atoms with Crippen LogP contribution >= 0.6 is 0 Å². The summed E-state index contributed by atoms with van der Waals surface area (Å²) < 4.78 is 11.0. The number of benzene rings is 2. The molecule has 0 spiro atoms. The Labute approximate surface area is 239 Å². The number of hydrogen-bond acceptors (Lipinski definition) is 3. The van der Waals surface area contributed by atoms with E-state index in [0.29, 0.717) is 41.3 Å². The zero-order valence-corrected chi connectivity index (χ0v) is 24.0. The minimum Gasteiger partial charge on any atom is -0.497 e. The van der Waals surface area contributed by atoms with Crippen molar-refractivity contribution in [3.05, 3.63) is 82.0 Å². The summed E-state index contributed by atoms with van der Waals surface area (Å²) in [6.07, 6.45) is 16.5. The van der Waals surface area contributed by atoms with Crippen molar-refractivity contribution in [2.75, 3.05) is 14.2 Å². The Morgan fingerprint density at radius 2 is 1.05 bits per heavy atom. The van der Waals surface area contributed by atoms with E-state index < -0.39 is 0 Å². The lowest BCUT2D eigenvalue weighted by Crippen LogP contribution is -2.38. The third-order valence-corrected chi connectivity index (χ3v) is 12.1. The van der Waals surface area contributed by atoms with Gasteiger partial charge in [0.2, 0.25) is 0 Å². The highest BCUT2D eigenvalue weighted by molar-refractivity contribution is 5.86. The highest BCUT2D eigenvalue weighted by Crippen LogP contribution is 2.58. The number of methoxy groups -OCH3 is 2. The maximum atomic E-state index is 14.3. The summed E-state index contributed by atoms with van der Waals surface area (Å²) >= 11 is 0. The van der Waals surface area contributed by atoms with E-state index in [2.05, 4.69) is 48.6 Å². The fourth-order valence-corrected chi connectivity index (χ4v) is 10.4. The maximum Gasteiger partial charge on any atom is 0.140 e. The maximum absolute atomic E-state index is 14.3. The summed E-state index contributed by atoms with van der Waals surface area (Å²) in [7, 11) is 3.53. The van der Waals surface area contributed by atoms with Gasteiger partial charge in [-0.05, 0) is 146 Å². The molecule has 2 unspecified atom stereocenters. The lowest BCUT2D eigenvalue weighted by Gasteiger charge is -2.44. The first-order valence-corrected chi connectivity index (χ1v) is 15.9. The standard InChI is InChI=1S/C37H42O3/c1-39-23-5-9-25-21(19-23)3-7-29-27(25)11-13-33-31(29)15-17-35(33)37(38)36-18-16-32-30-8-4-22-20-24(40-2)6-10-26(22)28(30)12-14-34(32)36/h5-6,9-10,15-16,19-20,27-30,33-36H,3-4,7-8,11-14,17-18H2,1-2H3/t27-,28-,29-,30-,33+,34+,35?,36?/m1/s1. The van der Waals surface area contributed by atoms with Gasteiger partial charge in [0.05, 0.1) is 14.2 Å². The summed E-state index contributed by atoms with van der Waals surface area (Å²) in [5, 5.41) is 0. The van der Waals surface area contributed by atoms with Gasteiger partial charge in [0.15, 0.2) is 0 Å². The van der Waals surface area contributed by atoms with Crippen LogP contribution < -0.4 is 9.47 Å². The first-order chi connectivity index (χ1) is 19.6. The average molecular weight is 535 g/mol. The topological polar surface area (TPSA) is 35.5 Å². The zero-order valence-electron chi connectivity index (χ0n) is 24.0. The number of ether oxygens (including phenoxy) is 2. The van der Waals surface area contributed by atoms with E-state index in [-0.39, 0.29) is 11.8 Å². The van der Waals surface area contributed by atoms with Gasteiger partial charge in [-0.2, -0.15) is 0 Å². The Kier molecular flexibility index (Phi) is 6.01. The molecule has 3 heteroatoms. The van der Waals surface area contributed by atoms with Gasteiger partial charge < -0.3 is 9.47 Å². The minimum atomic E-state index is 0.225. The Balaban J connectivity index is 0.975. The molecule has 0 amide bonds. The molecule has 0 saturated heterocycles. The summed E-state index contributed by atoms with van der Waals surface area (Å²) in [6, 6.07) is 13.5. The number of aryl methyl sites for hydroxylation is 2. The summed E-state index contributed by atoms with van der Waals surface area (Å²) in [4.78, 5) is 14.3. The van der Waals surface area contributed by atoms with Crippen LogP contribution in [-0.4, -0.2) is 20.0 Å². The number of carbonyl (C=O) groups excluding carboxylic acids is 1. The van der Waals surface area contributed by atoms with Crippen LogP contribution in [0, 0.1) is 35.5 Å². The molecular formula is C37H42O3. The fourth-order valence-electron chi connectivity index (χ4n) is 10.4. The van der Waals surface area contributed by atoms with Crippen LogP contribution in [0.1, 0.15) is 85.5 Å². The molecule has 2 saturated carbocycles. The van der Waals surface area contributed by atoms with Crippen LogP contribution in [0.4, 0.5) is 0 Å². The van der Waals surface area contributed by atoms with Crippen molar-refractivity contribution in [2.45, 2.75) is 76.0 Å². The smallest absolute Gasteiger partial charge is 0.140 e. The number of ketones is 1. The molecule has 0 heterocycles. The second kappa shape index (κ2) is 9.64. The van der Waals surface area contributed by atoms with Crippen molar-refractivity contribution in [2.24, 2.45) is 35.5 Å². The van der Waals surface area contributed by atoms with Crippen LogP contribution in [0.2, 0.25) is 0 Å². The van der Waals surface area contributed by atoms with Gasteiger partial charge in [0.25, 0.3) is 0 Å². The normalized spacial score (nSPS) is 35.1. The van der Waals surface area contributed by atoms with Gasteiger partial charge in [-0.3, -0.25) is 4.79 Å². The number of Topliss-reactive ketones (excluding diaryl/α,β-unsaturated/α-hetero) is 1. The largest absolute Gasteiger partial charge is 0.497 e. The Bertz CT molecular complexity index is 1310. The van der Waals surface area contributed by atoms with Crippen molar-refractivity contribution >= 4 is 5.78 Å². The first-order valence-electron chi connectivity index (χ1n) is 15.9. The molecular weight excluding hydrogens is 492 g/mol. The van der Waals surface area contributed by atoms with Gasteiger partial charge >= 0.3 is 0 Å². The third-order valence-electron chi connectivity index (χ3n) is 12.1. The van der Waals surface area contributed by atoms with Crippen molar-refractivity contribution < 1.29 is 14.3 Å². The summed E-state index contributed by atoms with van der Waals surface area (Å²) in [5.41, 5.74) is 9.33. The first kappa shape index (κ1) is 24.9. The molecule has 0 aromatic heterocycles. The van der Waals surface area contributed by atoms with Crippen LogP contribution in [0.3, 0.4) is 0 Å². The summed E-state index contributed by atoms with van der Waals surface area (Å²) in [5.74, 6) is 6.50. The molecule has 40 heavy (non-hydrogen) atoms. The molecule has 0 bridgehead atoms. The van der Waals surface area contributed by atoms with Crippen molar-refractivity contribution in [3.63, 3.8) is 0 Å². The Morgan fingerprint density at radius 1 is 0.600 bits per heavy atom. The number of allylic oxidation sites excluding steroid dienone is 4. The van der Waals surface area contributed by atoms with Gasteiger partial charge in [0, 0.05) is 11.8 Å². The predicted molar refractivity (Wildman–Crippen MR) is 158 cm³/mol. The van der Waals surface area contributed by atoms with Crippen molar-refractivity contribution in [3.8, 4) is 11.5 Å². The molecule has 0 radical (unpaired) electrons. The van der Waals surface area contributed by atoms with E-state index in [4.69, 9.17) is 9.47 Å². The molecule has 208 valence electrons. The second-order valence-electron chi connectivity index (χ2n) is 13.5. The monoisotopic (exact) mass is 534 g/mol. The van der Waals surface area contributed by atoms with E-state index in [1.807, 2.05) is 0 Å². The zero-order chi connectivity index (χ0) is 27.0. The number of hydrogen-bond donors (Lipinski definition) is 0. The van der Waals surface area contributed by atoms with E-state index in [1.165, 1.54) is 49.7 Å². The molecule has 8 atom stereocenters.